The summed E-state index contributed by atoms with van der Waals surface area (Å²) in [5.41, 5.74) is 22.5. The molecule has 0 aliphatic rings. The smallest absolute Gasteiger partial charge is 0.182 e. The van der Waals surface area contributed by atoms with E-state index in [-0.39, 0.29) is 0 Å². The number of benzene rings is 6. The van der Waals surface area contributed by atoms with Crippen molar-refractivity contribution in [3.05, 3.63) is 144 Å². The van der Waals surface area contributed by atoms with E-state index in [1.807, 2.05) is 130 Å². The molecule has 0 bridgehead atoms. The highest BCUT2D eigenvalue weighted by molar-refractivity contribution is 7.85. The molecule has 0 saturated heterocycles. The number of nitrogen functional groups attached to an aromatic ring is 3. The highest BCUT2D eigenvalue weighted by Crippen LogP contribution is 2.51. The Morgan fingerprint density at radius 1 is 0.404 bits per heavy atom. The molecular weight excluding hydrogens is 605 g/mol. The average Bonchev–Trinajstić information content (AvgIpc) is 3.05. The van der Waals surface area contributed by atoms with Crippen LogP contribution in [0, 0.1) is 20.8 Å². The molecule has 8 heteroatoms. The van der Waals surface area contributed by atoms with Crippen LogP contribution in [0.4, 0.5) is 17.1 Å². The van der Waals surface area contributed by atoms with Gasteiger partial charge in [-0.25, -0.2) is 0 Å². The van der Waals surface area contributed by atoms with Crippen LogP contribution < -0.4 is 47.3 Å². The predicted octanol–water partition coefficient (Wildman–Crippen LogP) is 8.37. The molecule has 236 valence electrons. The standard InChI is InChI=1S/C39H36N3O4P/c1-25-22-28(40)16-19-31(25)44-34-10-4-7-13-37(34)47(43,38-14-8-5-11-35(38)45-32-20-17-29(41)23-26(32)2)39-15-9-6-12-36(39)46-33-21-18-30(42)24-27(33)3/h4-24H,40-42H2,1-3H3. The van der Waals surface area contributed by atoms with Gasteiger partial charge in [-0.3, -0.25) is 0 Å². The van der Waals surface area contributed by atoms with Gasteiger partial charge in [0.1, 0.15) is 34.5 Å². The lowest BCUT2D eigenvalue weighted by Gasteiger charge is -2.26. The summed E-state index contributed by atoms with van der Waals surface area (Å²) in [5.74, 6) is 3.09. The van der Waals surface area contributed by atoms with Crippen LogP contribution in [-0.2, 0) is 4.57 Å². The normalized spacial score (nSPS) is 11.2. The molecule has 6 N–H and O–H groups in total. The number of ether oxygens (including phenoxy) is 3. The van der Waals surface area contributed by atoms with Gasteiger partial charge in [-0.2, -0.15) is 0 Å². The number of para-hydroxylation sites is 3. The Bertz CT molecular complexity index is 1910. The van der Waals surface area contributed by atoms with Gasteiger partial charge in [-0.15, -0.1) is 0 Å². The third-order valence-electron chi connectivity index (χ3n) is 7.87. The summed E-state index contributed by atoms with van der Waals surface area (Å²) in [6.45, 7) is 5.76. The monoisotopic (exact) mass is 641 g/mol. The molecule has 6 aromatic carbocycles. The van der Waals surface area contributed by atoms with Gasteiger partial charge in [0.25, 0.3) is 0 Å². The highest BCUT2D eigenvalue weighted by Gasteiger charge is 2.38. The Balaban J connectivity index is 1.59. The summed E-state index contributed by atoms with van der Waals surface area (Å²) >= 11 is 0. The largest absolute Gasteiger partial charge is 0.456 e. The fourth-order valence-electron chi connectivity index (χ4n) is 5.52. The molecule has 0 unspecified atom stereocenters. The van der Waals surface area contributed by atoms with Gasteiger partial charge < -0.3 is 36.0 Å². The van der Waals surface area contributed by atoms with Crippen LogP contribution in [0.1, 0.15) is 16.7 Å². The van der Waals surface area contributed by atoms with Crippen LogP contribution in [0.15, 0.2) is 127 Å². The Morgan fingerprint density at radius 2 is 0.681 bits per heavy atom. The van der Waals surface area contributed by atoms with Gasteiger partial charge in [0, 0.05) is 17.1 Å². The lowest BCUT2D eigenvalue weighted by Crippen LogP contribution is -2.28. The number of hydrogen-bond acceptors (Lipinski definition) is 7. The van der Waals surface area contributed by atoms with Crippen molar-refractivity contribution in [2.75, 3.05) is 17.2 Å². The molecule has 7 nitrogen and oxygen atoms in total. The topological polar surface area (TPSA) is 123 Å². The molecule has 0 radical (unpaired) electrons. The van der Waals surface area contributed by atoms with E-state index in [4.69, 9.17) is 31.4 Å². The van der Waals surface area contributed by atoms with Gasteiger partial charge in [0.15, 0.2) is 7.14 Å². The minimum atomic E-state index is -3.82. The minimum absolute atomic E-state index is 0.431. The summed E-state index contributed by atoms with van der Waals surface area (Å²) in [7, 11) is -3.82. The Kier molecular flexibility index (Phi) is 8.66. The minimum Gasteiger partial charge on any atom is -0.456 e. The molecule has 0 atom stereocenters. The molecule has 0 aliphatic carbocycles. The molecule has 47 heavy (non-hydrogen) atoms. The zero-order valence-electron chi connectivity index (χ0n) is 26.4. The van der Waals surface area contributed by atoms with E-state index in [1.54, 1.807) is 18.2 Å². The molecular formula is C39H36N3O4P. The zero-order chi connectivity index (χ0) is 33.1. The molecule has 6 aromatic rings. The maximum absolute atomic E-state index is 16.4. The molecule has 0 spiro atoms. The molecule has 0 heterocycles. The zero-order valence-corrected chi connectivity index (χ0v) is 27.3. The van der Waals surface area contributed by atoms with Crippen LogP contribution in [0.5, 0.6) is 34.5 Å². The summed E-state index contributed by atoms with van der Waals surface area (Å²) in [4.78, 5) is 0. The van der Waals surface area contributed by atoms with Crippen molar-refractivity contribution in [3.8, 4) is 34.5 Å². The number of aryl methyl sites for hydroxylation is 3. The van der Waals surface area contributed by atoms with Crippen LogP contribution in [0.25, 0.3) is 0 Å². The molecule has 6 rings (SSSR count). The van der Waals surface area contributed by atoms with Gasteiger partial charge in [0.05, 0.1) is 15.9 Å². The van der Waals surface area contributed by atoms with Crippen LogP contribution in [0.2, 0.25) is 0 Å². The average molecular weight is 642 g/mol. The number of anilines is 3. The maximum Gasteiger partial charge on any atom is 0.182 e. The summed E-state index contributed by atoms with van der Waals surface area (Å²) in [6, 6.07) is 38.4. The molecule has 0 fully saturated rings. The van der Waals surface area contributed by atoms with E-state index in [2.05, 4.69) is 0 Å². The first kappa shape index (κ1) is 31.3. The Morgan fingerprint density at radius 3 is 0.957 bits per heavy atom. The van der Waals surface area contributed by atoms with E-state index >= 15 is 4.57 Å². The first-order valence-corrected chi connectivity index (χ1v) is 16.8. The first-order chi connectivity index (χ1) is 22.6. The molecule has 0 amide bonds. The van der Waals surface area contributed by atoms with Crippen molar-refractivity contribution in [1.82, 2.24) is 0 Å². The van der Waals surface area contributed by atoms with Crippen molar-refractivity contribution in [2.45, 2.75) is 20.8 Å². The quantitative estimate of drug-likeness (QED) is 0.107. The van der Waals surface area contributed by atoms with Crippen molar-refractivity contribution >= 4 is 40.1 Å². The lowest BCUT2D eigenvalue weighted by molar-refractivity contribution is 0.479. The van der Waals surface area contributed by atoms with Crippen LogP contribution >= 0.6 is 7.14 Å². The third-order valence-corrected chi connectivity index (χ3v) is 11.0. The van der Waals surface area contributed by atoms with Crippen molar-refractivity contribution in [3.63, 3.8) is 0 Å². The van der Waals surface area contributed by atoms with E-state index in [1.165, 1.54) is 0 Å². The van der Waals surface area contributed by atoms with Gasteiger partial charge in [-0.05, 0) is 128 Å². The van der Waals surface area contributed by atoms with Crippen molar-refractivity contribution in [1.29, 1.82) is 0 Å². The molecule has 0 aromatic heterocycles. The lowest BCUT2D eigenvalue weighted by atomic mass is 10.2. The molecule has 0 saturated carbocycles. The van der Waals surface area contributed by atoms with Gasteiger partial charge in [0.2, 0.25) is 0 Å². The number of nitrogens with two attached hydrogens (primary N) is 3. The predicted molar refractivity (Wildman–Crippen MR) is 193 cm³/mol. The number of hydrogen-bond donors (Lipinski definition) is 3. The van der Waals surface area contributed by atoms with Crippen molar-refractivity contribution in [2.24, 2.45) is 0 Å². The van der Waals surface area contributed by atoms with E-state index in [0.717, 1.165) is 16.7 Å². The van der Waals surface area contributed by atoms with Crippen molar-refractivity contribution < 1.29 is 18.8 Å². The fourth-order valence-corrected chi connectivity index (χ4v) is 8.48. The second-order valence-corrected chi connectivity index (χ2v) is 14.1. The van der Waals surface area contributed by atoms with E-state index in [0.29, 0.717) is 67.5 Å². The highest BCUT2D eigenvalue weighted by atomic mass is 31.2. The number of rotatable bonds is 9. The van der Waals surface area contributed by atoms with E-state index in [9.17, 15) is 0 Å². The second kappa shape index (κ2) is 13.0. The third kappa shape index (κ3) is 6.39. The first-order valence-electron chi connectivity index (χ1n) is 15.1. The summed E-state index contributed by atoms with van der Waals surface area (Å²) in [6.07, 6.45) is 0. The summed E-state index contributed by atoms with van der Waals surface area (Å²) < 4.78 is 36.0. The van der Waals surface area contributed by atoms with Crippen LogP contribution in [-0.4, -0.2) is 0 Å². The fraction of sp³-hybridized carbons (Fsp3) is 0.0769. The SMILES string of the molecule is Cc1cc(N)ccc1Oc1ccccc1P(=O)(c1ccccc1Oc1ccc(N)cc1C)c1ccccc1Oc1ccc(N)cc1C. The Labute approximate surface area is 274 Å². The second-order valence-electron chi connectivity index (χ2n) is 11.4. The van der Waals surface area contributed by atoms with Gasteiger partial charge in [-0.1, -0.05) is 36.4 Å². The van der Waals surface area contributed by atoms with Crippen LogP contribution in [0.3, 0.4) is 0 Å². The van der Waals surface area contributed by atoms with E-state index < -0.39 is 7.14 Å². The molecule has 0 aliphatic heterocycles. The summed E-state index contributed by atoms with van der Waals surface area (Å²) in [5, 5.41) is 1.43. The maximum atomic E-state index is 16.4. The van der Waals surface area contributed by atoms with Gasteiger partial charge >= 0.3 is 0 Å². The Hall–Kier alpha value is -5.65.